The van der Waals surface area contributed by atoms with Crippen LogP contribution in [0.5, 0.6) is 11.5 Å². The van der Waals surface area contributed by atoms with E-state index in [4.69, 9.17) is 9.47 Å². The fourth-order valence-electron chi connectivity index (χ4n) is 3.92. The zero-order valence-corrected chi connectivity index (χ0v) is 20.4. The van der Waals surface area contributed by atoms with Gasteiger partial charge in [-0.15, -0.1) is 0 Å². The molecule has 0 aromatic heterocycles. The van der Waals surface area contributed by atoms with Crippen LogP contribution in [0.3, 0.4) is 0 Å². The second kappa shape index (κ2) is 9.98. The van der Waals surface area contributed by atoms with Gasteiger partial charge in [0.05, 0.1) is 11.1 Å². The predicted molar refractivity (Wildman–Crippen MR) is 137 cm³/mol. The first-order chi connectivity index (χ1) is 16.7. The van der Waals surface area contributed by atoms with Crippen molar-refractivity contribution in [3.8, 4) is 11.5 Å². The number of aryl methyl sites for hydroxylation is 2. The molecule has 4 rings (SSSR count). The second-order valence-corrected chi connectivity index (χ2v) is 9.19. The molecule has 4 aromatic carbocycles. The van der Waals surface area contributed by atoms with Crippen LogP contribution in [0, 0.1) is 13.8 Å². The number of rotatable bonds is 6. The zero-order chi connectivity index (χ0) is 25.0. The van der Waals surface area contributed by atoms with Crippen LogP contribution in [0.15, 0.2) is 97.1 Å². The first-order valence-electron chi connectivity index (χ1n) is 11.5. The van der Waals surface area contributed by atoms with Crippen molar-refractivity contribution in [1.29, 1.82) is 0 Å². The summed E-state index contributed by atoms with van der Waals surface area (Å²) < 4.78 is 11.1. The van der Waals surface area contributed by atoms with E-state index < -0.39 is 0 Å². The highest BCUT2D eigenvalue weighted by Crippen LogP contribution is 2.33. The molecule has 4 nitrogen and oxygen atoms in total. The molecule has 0 aliphatic rings. The van der Waals surface area contributed by atoms with Crippen molar-refractivity contribution in [3.05, 3.63) is 130 Å². The van der Waals surface area contributed by atoms with Crippen molar-refractivity contribution in [1.82, 2.24) is 0 Å². The fourth-order valence-corrected chi connectivity index (χ4v) is 3.92. The summed E-state index contributed by atoms with van der Waals surface area (Å²) >= 11 is 0. The molecule has 176 valence electrons. The normalized spacial score (nSPS) is 11.1. The summed E-state index contributed by atoms with van der Waals surface area (Å²) in [4.78, 5) is 24.9. The molecule has 0 aliphatic carbocycles. The molecule has 0 heterocycles. The molecule has 0 radical (unpaired) electrons. The summed E-state index contributed by atoms with van der Waals surface area (Å²) in [6.07, 6.45) is 0. The van der Waals surface area contributed by atoms with Gasteiger partial charge in [-0.2, -0.15) is 0 Å². The van der Waals surface area contributed by atoms with Crippen LogP contribution in [-0.2, 0) is 5.41 Å². The molecule has 0 N–H and O–H groups in total. The van der Waals surface area contributed by atoms with E-state index in [-0.39, 0.29) is 17.4 Å². The first-order valence-corrected chi connectivity index (χ1v) is 11.5. The van der Waals surface area contributed by atoms with Gasteiger partial charge in [-0.1, -0.05) is 73.5 Å². The van der Waals surface area contributed by atoms with E-state index in [9.17, 15) is 9.59 Å². The minimum Gasteiger partial charge on any atom is -0.423 e. The third-order valence-electron chi connectivity index (χ3n) is 6.08. The molecular weight excluding hydrogens is 436 g/mol. The fraction of sp³-hybridized carbons (Fsp3) is 0.161. The minimum atomic E-state index is -0.378. The van der Waals surface area contributed by atoms with E-state index >= 15 is 0 Å². The molecule has 4 aromatic rings. The maximum Gasteiger partial charge on any atom is 0.343 e. The van der Waals surface area contributed by atoms with Crippen LogP contribution >= 0.6 is 0 Å². The molecule has 0 fully saturated rings. The summed E-state index contributed by atoms with van der Waals surface area (Å²) in [5.74, 6) is 0.233. The number of hydrogen-bond acceptors (Lipinski definition) is 4. The van der Waals surface area contributed by atoms with E-state index in [0.717, 1.165) is 22.3 Å². The Morgan fingerprint density at radius 3 is 1.29 bits per heavy atom. The standard InChI is InChI=1S/C31H28O4/c1-21-7-5-9-23(19-21)29(32)34-27-15-11-25(12-16-27)31(3,4)26-13-17-28(18-14-26)35-30(33)24-10-6-8-22(2)20-24/h5-20H,1-4H3. The summed E-state index contributed by atoms with van der Waals surface area (Å²) in [7, 11) is 0. The van der Waals surface area contributed by atoms with Gasteiger partial charge in [-0.25, -0.2) is 9.59 Å². The third-order valence-corrected chi connectivity index (χ3v) is 6.08. The lowest BCUT2D eigenvalue weighted by atomic mass is 9.78. The van der Waals surface area contributed by atoms with Crippen molar-refractivity contribution in [2.75, 3.05) is 0 Å². The number of ether oxygens (including phenoxy) is 2. The molecule has 0 aliphatic heterocycles. The third kappa shape index (κ3) is 5.67. The van der Waals surface area contributed by atoms with Gasteiger partial charge in [-0.05, 0) is 73.5 Å². The van der Waals surface area contributed by atoms with Crippen molar-refractivity contribution in [2.45, 2.75) is 33.1 Å². The van der Waals surface area contributed by atoms with Gasteiger partial charge in [0.25, 0.3) is 0 Å². The number of carbonyl (C=O) groups is 2. The average molecular weight is 465 g/mol. The van der Waals surface area contributed by atoms with E-state index in [1.165, 1.54) is 0 Å². The Labute approximate surface area is 206 Å². The molecule has 4 heteroatoms. The van der Waals surface area contributed by atoms with Crippen LogP contribution in [-0.4, -0.2) is 11.9 Å². The Morgan fingerprint density at radius 2 is 0.943 bits per heavy atom. The van der Waals surface area contributed by atoms with Crippen LogP contribution in [0.1, 0.15) is 56.8 Å². The Morgan fingerprint density at radius 1 is 0.571 bits per heavy atom. The molecular formula is C31H28O4. The topological polar surface area (TPSA) is 52.6 Å². The van der Waals surface area contributed by atoms with Crippen LogP contribution < -0.4 is 9.47 Å². The van der Waals surface area contributed by atoms with Gasteiger partial charge in [-0.3, -0.25) is 0 Å². The zero-order valence-electron chi connectivity index (χ0n) is 20.4. The summed E-state index contributed by atoms with van der Waals surface area (Å²) in [6, 6.07) is 29.7. The minimum absolute atomic E-state index is 0.307. The molecule has 0 unspecified atom stereocenters. The van der Waals surface area contributed by atoms with Gasteiger partial charge in [0.2, 0.25) is 0 Å². The Hall–Kier alpha value is -4.18. The lowest BCUT2D eigenvalue weighted by Gasteiger charge is -2.26. The lowest BCUT2D eigenvalue weighted by Crippen LogP contribution is -2.19. The van der Waals surface area contributed by atoms with Gasteiger partial charge >= 0.3 is 11.9 Å². The number of esters is 2. The van der Waals surface area contributed by atoms with Gasteiger partial charge in [0, 0.05) is 5.41 Å². The van der Waals surface area contributed by atoms with Gasteiger partial charge in [0.1, 0.15) is 11.5 Å². The predicted octanol–water partition coefficient (Wildman–Crippen LogP) is 7.07. The highest BCUT2D eigenvalue weighted by molar-refractivity contribution is 5.91. The van der Waals surface area contributed by atoms with Crippen molar-refractivity contribution >= 4 is 11.9 Å². The van der Waals surface area contributed by atoms with E-state index in [2.05, 4.69) is 13.8 Å². The van der Waals surface area contributed by atoms with E-state index in [0.29, 0.717) is 22.6 Å². The van der Waals surface area contributed by atoms with E-state index in [1.54, 1.807) is 12.1 Å². The Bertz CT molecular complexity index is 1240. The number of hydrogen-bond donors (Lipinski definition) is 0. The van der Waals surface area contributed by atoms with E-state index in [1.807, 2.05) is 98.8 Å². The molecule has 0 saturated heterocycles. The maximum absolute atomic E-state index is 12.4. The number of carbonyl (C=O) groups excluding carboxylic acids is 2. The molecule has 0 atom stereocenters. The largest absolute Gasteiger partial charge is 0.423 e. The van der Waals surface area contributed by atoms with Crippen LogP contribution in [0.2, 0.25) is 0 Å². The Balaban J connectivity index is 1.44. The highest BCUT2D eigenvalue weighted by atomic mass is 16.5. The highest BCUT2D eigenvalue weighted by Gasteiger charge is 2.23. The van der Waals surface area contributed by atoms with Crippen LogP contribution in [0.4, 0.5) is 0 Å². The molecule has 0 bridgehead atoms. The molecule has 0 saturated carbocycles. The second-order valence-electron chi connectivity index (χ2n) is 9.19. The summed E-state index contributed by atoms with van der Waals surface area (Å²) in [5, 5.41) is 0. The Kier molecular flexibility index (Phi) is 6.83. The average Bonchev–Trinajstić information content (AvgIpc) is 2.85. The van der Waals surface area contributed by atoms with Gasteiger partial charge < -0.3 is 9.47 Å². The quantitative estimate of drug-likeness (QED) is 0.226. The molecule has 0 spiro atoms. The van der Waals surface area contributed by atoms with Crippen molar-refractivity contribution in [2.24, 2.45) is 0 Å². The summed E-state index contributed by atoms with van der Waals surface area (Å²) in [5.41, 5.74) is 4.89. The summed E-state index contributed by atoms with van der Waals surface area (Å²) in [6.45, 7) is 8.12. The monoisotopic (exact) mass is 464 g/mol. The smallest absolute Gasteiger partial charge is 0.343 e. The maximum atomic E-state index is 12.4. The van der Waals surface area contributed by atoms with Gasteiger partial charge in [0.15, 0.2) is 0 Å². The first kappa shape index (κ1) is 24.0. The van der Waals surface area contributed by atoms with Crippen LogP contribution in [0.25, 0.3) is 0 Å². The number of benzene rings is 4. The SMILES string of the molecule is Cc1cccc(C(=O)Oc2ccc(C(C)(C)c3ccc(OC(=O)c4cccc(C)c4)cc3)cc2)c1. The lowest BCUT2D eigenvalue weighted by molar-refractivity contribution is 0.0725. The molecule has 0 amide bonds. The molecule has 35 heavy (non-hydrogen) atoms. The van der Waals surface area contributed by atoms with Crippen molar-refractivity contribution in [3.63, 3.8) is 0 Å². The van der Waals surface area contributed by atoms with Crippen molar-refractivity contribution < 1.29 is 19.1 Å².